The molecule has 3 amide bonds. The predicted octanol–water partition coefficient (Wildman–Crippen LogP) is 2.13. The number of carboxylic acid groups (broad SMARTS) is 1. The van der Waals surface area contributed by atoms with Gasteiger partial charge in [-0.25, -0.2) is 9.59 Å². The zero-order valence-corrected chi connectivity index (χ0v) is 25.3. The van der Waals surface area contributed by atoms with E-state index in [9.17, 15) is 29.1 Å². The van der Waals surface area contributed by atoms with Crippen molar-refractivity contribution < 1.29 is 43.7 Å². The van der Waals surface area contributed by atoms with Crippen molar-refractivity contribution in [3.63, 3.8) is 0 Å². The molecule has 0 radical (unpaired) electrons. The van der Waals surface area contributed by atoms with Crippen molar-refractivity contribution in [2.75, 3.05) is 6.54 Å². The van der Waals surface area contributed by atoms with E-state index in [1.807, 2.05) is 0 Å². The third kappa shape index (κ3) is 15.2. The van der Waals surface area contributed by atoms with Gasteiger partial charge in [0, 0.05) is 12.8 Å². The van der Waals surface area contributed by atoms with Gasteiger partial charge in [0.2, 0.25) is 11.8 Å². The summed E-state index contributed by atoms with van der Waals surface area (Å²) < 4.78 is 10.7. The van der Waals surface area contributed by atoms with Crippen LogP contribution in [0.15, 0.2) is 24.3 Å². The lowest BCUT2D eigenvalue weighted by Crippen LogP contribution is -2.57. The standard InChI is InChI=1S/C29H46N4O9/c1-28(2,3)41-26(39)21(9-7-8-16-30)31-25(38)22(17-18-10-12-19(34)13-11-18)32-24(37)20(14-15-23(35)36)33-27(40)42-29(4,5)6/h10-13,20-22,34H,7-9,14-17,30H2,1-6H3,(H,31,38)(H,32,37)(H,33,40)(H,35,36)/t20-,21-,22-/m0/s1. The third-order valence-electron chi connectivity index (χ3n) is 5.62. The van der Waals surface area contributed by atoms with Crippen LogP contribution >= 0.6 is 0 Å². The molecule has 1 aromatic carbocycles. The maximum Gasteiger partial charge on any atom is 0.408 e. The Labute approximate surface area is 246 Å². The number of hydrogen-bond acceptors (Lipinski definition) is 9. The summed E-state index contributed by atoms with van der Waals surface area (Å²) in [7, 11) is 0. The van der Waals surface area contributed by atoms with Gasteiger partial charge in [0.05, 0.1) is 0 Å². The molecule has 1 rings (SSSR count). The highest BCUT2D eigenvalue weighted by Crippen LogP contribution is 2.15. The number of aliphatic carboxylic acids is 1. The lowest BCUT2D eigenvalue weighted by Gasteiger charge is -2.27. The number of hydrogen-bond donors (Lipinski definition) is 6. The Morgan fingerprint density at radius 3 is 1.86 bits per heavy atom. The first kappa shape index (κ1) is 36.2. The van der Waals surface area contributed by atoms with E-state index in [4.69, 9.17) is 20.3 Å². The Kier molecular flexibility index (Phi) is 14.2. The maximum absolute atomic E-state index is 13.5. The Hall–Kier alpha value is -3.87. The SMILES string of the molecule is CC(C)(C)OC(=O)N[C@@H](CCC(=O)O)C(=O)N[C@@H](Cc1ccc(O)cc1)C(=O)N[C@@H](CCCCN)C(=O)OC(C)(C)C. The minimum absolute atomic E-state index is 0.00368. The zero-order valence-electron chi connectivity index (χ0n) is 25.3. The van der Waals surface area contributed by atoms with Gasteiger partial charge in [-0.2, -0.15) is 0 Å². The van der Waals surface area contributed by atoms with E-state index in [1.54, 1.807) is 53.7 Å². The number of carbonyl (C=O) groups is 5. The van der Waals surface area contributed by atoms with Gasteiger partial charge < -0.3 is 41.4 Å². The Morgan fingerprint density at radius 1 is 0.786 bits per heavy atom. The monoisotopic (exact) mass is 594 g/mol. The number of carboxylic acids is 1. The molecule has 1 aromatic rings. The molecule has 0 aliphatic rings. The molecular formula is C29H46N4O9. The minimum Gasteiger partial charge on any atom is -0.508 e. The van der Waals surface area contributed by atoms with E-state index in [0.29, 0.717) is 24.9 Å². The first-order chi connectivity index (χ1) is 19.4. The molecule has 3 atom stereocenters. The van der Waals surface area contributed by atoms with Crippen LogP contribution in [0.4, 0.5) is 4.79 Å². The molecule has 0 spiro atoms. The van der Waals surface area contributed by atoms with E-state index in [-0.39, 0.29) is 25.0 Å². The van der Waals surface area contributed by atoms with Crippen LogP contribution in [0.25, 0.3) is 0 Å². The van der Waals surface area contributed by atoms with Gasteiger partial charge in [-0.1, -0.05) is 12.1 Å². The molecule has 0 saturated heterocycles. The summed E-state index contributed by atoms with van der Waals surface area (Å²) in [5.74, 6) is -3.35. The van der Waals surface area contributed by atoms with Crippen molar-refractivity contribution >= 4 is 29.8 Å². The largest absolute Gasteiger partial charge is 0.508 e. The quantitative estimate of drug-likeness (QED) is 0.129. The van der Waals surface area contributed by atoms with Gasteiger partial charge >= 0.3 is 18.0 Å². The number of aromatic hydroxyl groups is 1. The second-order valence-electron chi connectivity index (χ2n) is 11.9. The number of esters is 1. The number of ether oxygens (including phenoxy) is 2. The molecular weight excluding hydrogens is 548 g/mol. The van der Waals surface area contributed by atoms with Crippen LogP contribution < -0.4 is 21.7 Å². The van der Waals surface area contributed by atoms with Crippen LogP contribution in [0, 0.1) is 0 Å². The van der Waals surface area contributed by atoms with E-state index < -0.39 is 65.6 Å². The molecule has 0 bridgehead atoms. The summed E-state index contributed by atoms with van der Waals surface area (Å²) in [4.78, 5) is 63.4. The van der Waals surface area contributed by atoms with Crippen LogP contribution in [0.5, 0.6) is 5.75 Å². The van der Waals surface area contributed by atoms with Crippen LogP contribution in [0.2, 0.25) is 0 Å². The average Bonchev–Trinajstić information content (AvgIpc) is 2.84. The van der Waals surface area contributed by atoms with Crippen molar-refractivity contribution in [1.82, 2.24) is 16.0 Å². The van der Waals surface area contributed by atoms with Crippen molar-refractivity contribution in [1.29, 1.82) is 0 Å². The summed E-state index contributed by atoms with van der Waals surface area (Å²) in [5.41, 5.74) is 4.48. The lowest BCUT2D eigenvalue weighted by atomic mass is 10.0. The Bertz CT molecular complexity index is 1060. The molecule has 13 nitrogen and oxygen atoms in total. The van der Waals surface area contributed by atoms with Crippen molar-refractivity contribution in [3.05, 3.63) is 29.8 Å². The number of carbonyl (C=O) groups excluding carboxylic acids is 4. The number of benzene rings is 1. The highest BCUT2D eigenvalue weighted by molar-refractivity contribution is 5.93. The molecule has 0 fully saturated rings. The fourth-order valence-corrected chi connectivity index (χ4v) is 3.72. The Balaban J connectivity index is 3.27. The molecule has 13 heteroatoms. The predicted molar refractivity (Wildman–Crippen MR) is 154 cm³/mol. The summed E-state index contributed by atoms with van der Waals surface area (Å²) in [6.45, 7) is 10.4. The zero-order chi connectivity index (χ0) is 32.1. The van der Waals surface area contributed by atoms with Crippen molar-refractivity contribution in [2.45, 2.75) is 109 Å². The molecule has 0 unspecified atom stereocenters. The van der Waals surface area contributed by atoms with Gasteiger partial charge in [0.1, 0.15) is 35.1 Å². The number of rotatable bonds is 15. The van der Waals surface area contributed by atoms with Gasteiger partial charge in [-0.15, -0.1) is 0 Å². The first-order valence-corrected chi connectivity index (χ1v) is 13.9. The molecule has 0 heterocycles. The molecule has 42 heavy (non-hydrogen) atoms. The number of nitrogens with two attached hydrogens (primary N) is 1. The van der Waals surface area contributed by atoms with Crippen molar-refractivity contribution in [2.24, 2.45) is 5.73 Å². The number of nitrogens with one attached hydrogen (secondary N) is 3. The average molecular weight is 595 g/mol. The van der Waals surface area contributed by atoms with Crippen LogP contribution in [0.3, 0.4) is 0 Å². The smallest absolute Gasteiger partial charge is 0.408 e. The highest BCUT2D eigenvalue weighted by atomic mass is 16.6. The summed E-state index contributed by atoms with van der Waals surface area (Å²) in [6, 6.07) is 2.37. The van der Waals surface area contributed by atoms with Gasteiger partial charge in [-0.05, 0) is 91.5 Å². The molecule has 236 valence electrons. The van der Waals surface area contributed by atoms with Gasteiger partial charge in [0.15, 0.2) is 0 Å². The number of alkyl carbamates (subject to hydrolysis) is 1. The molecule has 7 N–H and O–H groups in total. The second-order valence-corrected chi connectivity index (χ2v) is 11.9. The maximum atomic E-state index is 13.5. The topological polar surface area (TPSA) is 206 Å². The van der Waals surface area contributed by atoms with E-state index in [0.717, 1.165) is 0 Å². The fraction of sp³-hybridized carbons (Fsp3) is 0.621. The van der Waals surface area contributed by atoms with E-state index >= 15 is 0 Å². The molecule has 0 aliphatic heterocycles. The molecule has 0 saturated carbocycles. The van der Waals surface area contributed by atoms with Crippen molar-refractivity contribution in [3.8, 4) is 5.75 Å². The van der Waals surface area contributed by atoms with Gasteiger partial charge in [-0.3, -0.25) is 14.4 Å². The number of phenolic OH excluding ortho intramolecular Hbond substituents is 1. The van der Waals surface area contributed by atoms with Crippen LogP contribution in [-0.2, 0) is 35.1 Å². The number of amides is 3. The first-order valence-electron chi connectivity index (χ1n) is 13.9. The fourth-order valence-electron chi connectivity index (χ4n) is 3.72. The number of unbranched alkanes of at least 4 members (excludes halogenated alkanes) is 1. The second kappa shape index (κ2) is 16.5. The minimum atomic E-state index is -1.34. The molecule has 0 aliphatic carbocycles. The highest BCUT2D eigenvalue weighted by Gasteiger charge is 2.32. The lowest BCUT2D eigenvalue weighted by molar-refractivity contribution is -0.159. The molecule has 0 aromatic heterocycles. The third-order valence-corrected chi connectivity index (χ3v) is 5.62. The summed E-state index contributed by atoms with van der Waals surface area (Å²) in [6.07, 6.45) is -0.286. The van der Waals surface area contributed by atoms with Crippen LogP contribution in [-0.4, -0.2) is 75.9 Å². The summed E-state index contributed by atoms with van der Waals surface area (Å²) in [5, 5.41) is 26.4. The van der Waals surface area contributed by atoms with Gasteiger partial charge in [0.25, 0.3) is 0 Å². The van der Waals surface area contributed by atoms with Crippen LogP contribution in [0.1, 0.15) is 79.2 Å². The normalized spacial score (nSPS) is 13.7. The Morgan fingerprint density at radius 2 is 1.33 bits per heavy atom. The van der Waals surface area contributed by atoms with E-state index in [1.165, 1.54) is 12.1 Å². The summed E-state index contributed by atoms with van der Waals surface area (Å²) >= 11 is 0. The van der Waals surface area contributed by atoms with E-state index in [2.05, 4.69) is 16.0 Å². The number of phenols is 1.